The molecule has 1 unspecified atom stereocenters. The molecule has 5 nitrogen and oxygen atoms in total. The van der Waals surface area contributed by atoms with E-state index < -0.39 is 6.04 Å². The summed E-state index contributed by atoms with van der Waals surface area (Å²) in [4.78, 5) is 17.8. The number of H-pyrrole nitrogens is 1. The first-order chi connectivity index (χ1) is 6.15. The standard InChI is InChI=1S/C8H13N3O2/c1-5-8(11-4-10-5)6(9)3-7(12)13-2/h4,6H,3,9H2,1-2H3,(H,10,11). The summed E-state index contributed by atoms with van der Waals surface area (Å²) in [7, 11) is 1.34. The maximum atomic E-state index is 10.9. The molecule has 0 bridgehead atoms. The first-order valence-corrected chi connectivity index (χ1v) is 3.97. The van der Waals surface area contributed by atoms with Gasteiger partial charge in [-0.1, -0.05) is 0 Å². The van der Waals surface area contributed by atoms with E-state index in [2.05, 4.69) is 14.7 Å². The third-order valence-corrected chi connectivity index (χ3v) is 1.83. The van der Waals surface area contributed by atoms with Crippen molar-refractivity contribution in [2.24, 2.45) is 5.73 Å². The van der Waals surface area contributed by atoms with Crippen LogP contribution in [-0.4, -0.2) is 23.0 Å². The van der Waals surface area contributed by atoms with E-state index in [-0.39, 0.29) is 12.4 Å². The van der Waals surface area contributed by atoms with E-state index >= 15 is 0 Å². The summed E-state index contributed by atoms with van der Waals surface area (Å²) in [6.45, 7) is 1.86. The van der Waals surface area contributed by atoms with Crippen molar-refractivity contribution in [3.63, 3.8) is 0 Å². The smallest absolute Gasteiger partial charge is 0.307 e. The van der Waals surface area contributed by atoms with Gasteiger partial charge in [0.2, 0.25) is 0 Å². The Morgan fingerprint density at radius 3 is 3.00 bits per heavy atom. The van der Waals surface area contributed by atoms with Gasteiger partial charge in [0, 0.05) is 5.69 Å². The molecule has 0 aliphatic carbocycles. The van der Waals surface area contributed by atoms with Crippen LogP contribution in [0.2, 0.25) is 0 Å². The number of aromatic nitrogens is 2. The molecule has 0 aliphatic heterocycles. The molecular weight excluding hydrogens is 170 g/mol. The number of nitrogens with two attached hydrogens (primary N) is 1. The van der Waals surface area contributed by atoms with Crippen LogP contribution in [-0.2, 0) is 9.53 Å². The van der Waals surface area contributed by atoms with E-state index in [1.54, 1.807) is 6.33 Å². The highest BCUT2D eigenvalue weighted by Crippen LogP contribution is 2.14. The summed E-state index contributed by atoms with van der Waals surface area (Å²) >= 11 is 0. The van der Waals surface area contributed by atoms with E-state index in [0.717, 1.165) is 5.69 Å². The van der Waals surface area contributed by atoms with Gasteiger partial charge < -0.3 is 15.5 Å². The molecule has 1 atom stereocenters. The number of hydrogen-bond donors (Lipinski definition) is 2. The molecule has 0 spiro atoms. The maximum Gasteiger partial charge on any atom is 0.307 e. The Bertz CT molecular complexity index is 295. The van der Waals surface area contributed by atoms with Crippen LogP contribution in [0.5, 0.6) is 0 Å². The third-order valence-electron chi connectivity index (χ3n) is 1.83. The molecule has 72 valence electrons. The number of carbonyl (C=O) groups excluding carboxylic acids is 1. The first kappa shape index (κ1) is 9.73. The van der Waals surface area contributed by atoms with Gasteiger partial charge in [0.15, 0.2) is 0 Å². The Hall–Kier alpha value is -1.36. The monoisotopic (exact) mass is 183 g/mol. The van der Waals surface area contributed by atoms with Gasteiger partial charge in [-0.05, 0) is 6.92 Å². The maximum absolute atomic E-state index is 10.9. The highest BCUT2D eigenvalue weighted by Gasteiger charge is 2.15. The van der Waals surface area contributed by atoms with Crippen LogP contribution in [0.1, 0.15) is 23.9 Å². The molecule has 0 amide bonds. The summed E-state index contributed by atoms with van der Waals surface area (Å²) in [5.41, 5.74) is 7.33. The zero-order valence-electron chi connectivity index (χ0n) is 7.70. The Morgan fingerprint density at radius 2 is 2.54 bits per heavy atom. The van der Waals surface area contributed by atoms with Gasteiger partial charge in [-0.2, -0.15) is 0 Å². The molecule has 0 saturated carbocycles. The van der Waals surface area contributed by atoms with E-state index in [1.807, 2.05) is 6.92 Å². The minimum absolute atomic E-state index is 0.155. The van der Waals surface area contributed by atoms with Crippen LogP contribution < -0.4 is 5.73 Å². The lowest BCUT2D eigenvalue weighted by molar-refractivity contribution is -0.141. The van der Waals surface area contributed by atoms with Crippen molar-refractivity contribution in [1.82, 2.24) is 9.97 Å². The molecule has 0 fully saturated rings. The average Bonchev–Trinajstić information content (AvgIpc) is 2.51. The van der Waals surface area contributed by atoms with Crippen LogP contribution in [0, 0.1) is 6.92 Å². The molecule has 5 heteroatoms. The second-order valence-electron chi connectivity index (χ2n) is 2.80. The normalized spacial score (nSPS) is 12.5. The highest BCUT2D eigenvalue weighted by molar-refractivity contribution is 5.70. The predicted octanol–water partition coefficient (Wildman–Crippen LogP) is 0.281. The van der Waals surface area contributed by atoms with Crippen LogP contribution in [0.4, 0.5) is 0 Å². The van der Waals surface area contributed by atoms with E-state index in [9.17, 15) is 4.79 Å². The van der Waals surface area contributed by atoms with Crippen molar-refractivity contribution >= 4 is 5.97 Å². The molecule has 3 N–H and O–H groups in total. The summed E-state index contributed by atoms with van der Waals surface area (Å²) in [6.07, 6.45) is 1.71. The van der Waals surface area contributed by atoms with Crippen LogP contribution >= 0.6 is 0 Å². The van der Waals surface area contributed by atoms with Crippen LogP contribution in [0.15, 0.2) is 6.33 Å². The summed E-state index contributed by atoms with van der Waals surface area (Å²) in [6, 6.07) is -0.390. The fourth-order valence-corrected chi connectivity index (χ4v) is 1.10. The highest BCUT2D eigenvalue weighted by atomic mass is 16.5. The Labute approximate surface area is 76.3 Å². The van der Waals surface area contributed by atoms with Gasteiger partial charge >= 0.3 is 5.97 Å². The molecule has 0 saturated heterocycles. The molecule has 1 aromatic rings. The van der Waals surface area contributed by atoms with Crippen molar-refractivity contribution in [3.05, 3.63) is 17.7 Å². The number of carbonyl (C=O) groups is 1. The van der Waals surface area contributed by atoms with Crippen molar-refractivity contribution in [1.29, 1.82) is 0 Å². The van der Waals surface area contributed by atoms with E-state index in [1.165, 1.54) is 7.11 Å². The molecule has 13 heavy (non-hydrogen) atoms. The minimum Gasteiger partial charge on any atom is -0.469 e. The topological polar surface area (TPSA) is 81.0 Å². The zero-order valence-corrected chi connectivity index (χ0v) is 7.70. The van der Waals surface area contributed by atoms with Crippen molar-refractivity contribution in [3.8, 4) is 0 Å². The SMILES string of the molecule is COC(=O)CC(N)c1nc[nH]c1C. The van der Waals surface area contributed by atoms with E-state index in [0.29, 0.717) is 5.69 Å². The zero-order chi connectivity index (χ0) is 9.84. The lowest BCUT2D eigenvalue weighted by Crippen LogP contribution is -2.17. The van der Waals surface area contributed by atoms with Gasteiger partial charge in [-0.15, -0.1) is 0 Å². The van der Waals surface area contributed by atoms with Crippen molar-refractivity contribution < 1.29 is 9.53 Å². The second kappa shape index (κ2) is 4.04. The number of aromatic amines is 1. The summed E-state index contributed by atoms with van der Waals surface area (Å²) < 4.78 is 4.50. The quantitative estimate of drug-likeness (QED) is 0.659. The van der Waals surface area contributed by atoms with Gasteiger partial charge in [0.1, 0.15) is 0 Å². The number of nitrogens with zero attached hydrogens (tertiary/aromatic N) is 1. The molecule has 0 aliphatic rings. The third kappa shape index (κ3) is 2.29. The van der Waals surface area contributed by atoms with Gasteiger partial charge in [0.25, 0.3) is 0 Å². The van der Waals surface area contributed by atoms with Gasteiger partial charge in [0.05, 0.1) is 31.6 Å². The fraction of sp³-hybridized carbons (Fsp3) is 0.500. The molecule has 1 rings (SSSR count). The minimum atomic E-state index is -0.390. The summed E-state index contributed by atoms with van der Waals surface area (Å²) in [5, 5.41) is 0. The Morgan fingerprint density at radius 1 is 1.85 bits per heavy atom. The number of aryl methyl sites for hydroxylation is 1. The molecule has 0 aromatic carbocycles. The number of rotatable bonds is 3. The fourth-order valence-electron chi connectivity index (χ4n) is 1.10. The average molecular weight is 183 g/mol. The second-order valence-corrected chi connectivity index (χ2v) is 2.80. The van der Waals surface area contributed by atoms with Crippen LogP contribution in [0.3, 0.4) is 0 Å². The van der Waals surface area contributed by atoms with E-state index in [4.69, 9.17) is 5.73 Å². The largest absolute Gasteiger partial charge is 0.469 e. The molecular formula is C8H13N3O2. The van der Waals surface area contributed by atoms with Gasteiger partial charge in [-0.25, -0.2) is 4.98 Å². The van der Waals surface area contributed by atoms with Crippen molar-refractivity contribution in [2.75, 3.05) is 7.11 Å². The molecule has 0 radical (unpaired) electrons. The number of imidazole rings is 1. The molecule has 1 aromatic heterocycles. The number of esters is 1. The number of nitrogens with one attached hydrogen (secondary N) is 1. The lowest BCUT2D eigenvalue weighted by atomic mass is 10.1. The number of ether oxygens (including phenoxy) is 1. The number of hydrogen-bond acceptors (Lipinski definition) is 4. The lowest BCUT2D eigenvalue weighted by Gasteiger charge is -2.07. The first-order valence-electron chi connectivity index (χ1n) is 3.97. The van der Waals surface area contributed by atoms with Crippen LogP contribution in [0.25, 0.3) is 0 Å². The van der Waals surface area contributed by atoms with Crippen molar-refractivity contribution in [2.45, 2.75) is 19.4 Å². The number of methoxy groups -OCH3 is 1. The Kier molecular flexibility index (Phi) is 3.02. The van der Waals surface area contributed by atoms with Gasteiger partial charge in [-0.3, -0.25) is 4.79 Å². The molecule has 1 heterocycles. The summed E-state index contributed by atoms with van der Waals surface area (Å²) in [5.74, 6) is -0.324. The Balaban J connectivity index is 2.63. The predicted molar refractivity (Wildman–Crippen MR) is 46.9 cm³/mol.